The van der Waals surface area contributed by atoms with Gasteiger partial charge in [0, 0.05) is 10.6 Å². The minimum Gasteiger partial charge on any atom is -0.491 e. The van der Waals surface area contributed by atoms with E-state index in [2.05, 4.69) is 5.32 Å². The Balaban J connectivity index is 1.77. The third-order valence-corrected chi connectivity index (χ3v) is 5.63. The molecule has 1 N–H and O–H groups in total. The summed E-state index contributed by atoms with van der Waals surface area (Å²) in [5.41, 5.74) is 2.97. The molecule has 0 bridgehead atoms. The summed E-state index contributed by atoms with van der Waals surface area (Å²) in [7, 11) is 0. The molecule has 0 saturated heterocycles. The molecule has 3 aromatic rings. The molecular weight excluding hydrogens is 396 g/mol. The van der Waals surface area contributed by atoms with E-state index in [4.69, 9.17) is 4.74 Å². The van der Waals surface area contributed by atoms with Gasteiger partial charge in [-0.25, -0.2) is 4.90 Å². The minimum absolute atomic E-state index is 0.275. The molecule has 0 radical (unpaired) electrons. The predicted octanol–water partition coefficient (Wildman–Crippen LogP) is 5.24. The highest BCUT2D eigenvalue weighted by Crippen LogP contribution is 2.38. The first-order valence-electron chi connectivity index (χ1n) is 9.82. The van der Waals surface area contributed by atoms with E-state index in [0.717, 1.165) is 22.5 Å². The number of imide groups is 1. The Labute approximate surface area is 179 Å². The number of thiophene rings is 1. The molecule has 4 rings (SSSR count). The van der Waals surface area contributed by atoms with Crippen molar-refractivity contribution in [2.45, 2.75) is 20.3 Å². The van der Waals surface area contributed by atoms with Crippen LogP contribution < -0.4 is 15.0 Å². The Morgan fingerprint density at radius 1 is 0.967 bits per heavy atom. The van der Waals surface area contributed by atoms with Crippen LogP contribution in [0.4, 0.5) is 11.4 Å². The van der Waals surface area contributed by atoms with Gasteiger partial charge in [0.15, 0.2) is 0 Å². The van der Waals surface area contributed by atoms with E-state index in [1.54, 1.807) is 18.2 Å². The molecule has 1 aliphatic rings. The molecule has 152 valence electrons. The largest absolute Gasteiger partial charge is 0.491 e. The molecule has 0 fully saturated rings. The fourth-order valence-electron chi connectivity index (χ4n) is 3.27. The number of nitrogens with one attached hydrogen (secondary N) is 1. The highest BCUT2D eigenvalue weighted by Gasteiger charge is 2.41. The van der Waals surface area contributed by atoms with Crippen LogP contribution in [0.15, 0.2) is 71.7 Å². The third-order valence-electron chi connectivity index (χ3n) is 4.74. The number of carbonyl (C=O) groups excluding carboxylic acids is 2. The molecule has 0 spiro atoms. The molecule has 1 aromatic heterocycles. The van der Waals surface area contributed by atoms with Crippen molar-refractivity contribution in [2.24, 2.45) is 0 Å². The molecule has 6 heteroatoms. The van der Waals surface area contributed by atoms with Crippen molar-refractivity contribution in [1.29, 1.82) is 0 Å². The average Bonchev–Trinajstić information content (AvgIpc) is 3.35. The van der Waals surface area contributed by atoms with E-state index < -0.39 is 5.91 Å². The van der Waals surface area contributed by atoms with Crippen LogP contribution in [0.2, 0.25) is 0 Å². The second-order valence-corrected chi connectivity index (χ2v) is 7.93. The summed E-state index contributed by atoms with van der Waals surface area (Å²) in [6, 6.07) is 18.6. The Morgan fingerprint density at radius 2 is 1.73 bits per heavy atom. The Kier molecular flexibility index (Phi) is 5.68. The smallest absolute Gasteiger partial charge is 0.282 e. The molecule has 2 amide bonds. The van der Waals surface area contributed by atoms with Gasteiger partial charge in [0.2, 0.25) is 0 Å². The van der Waals surface area contributed by atoms with Gasteiger partial charge in [-0.05, 0) is 49.1 Å². The van der Waals surface area contributed by atoms with Gasteiger partial charge < -0.3 is 10.1 Å². The number of para-hydroxylation sites is 2. The van der Waals surface area contributed by atoms with E-state index in [0.29, 0.717) is 23.6 Å². The Bertz CT molecular complexity index is 1100. The van der Waals surface area contributed by atoms with Gasteiger partial charge in [0.1, 0.15) is 11.4 Å². The number of nitrogens with zero attached hydrogens (tertiary/aromatic N) is 1. The van der Waals surface area contributed by atoms with Gasteiger partial charge in [0.25, 0.3) is 11.8 Å². The van der Waals surface area contributed by atoms with Crippen LogP contribution in [0, 0.1) is 6.92 Å². The van der Waals surface area contributed by atoms with Crippen molar-refractivity contribution in [2.75, 3.05) is 16.8 Å². The van der Waals surface area contributed by atoms with Crippen molar-refractivity contribution in [3.05, 3.63) is 82.2 Å². The third kappa shape index (κ3) is 3.74. The van der Waals surface area contributed by atoms with Crippen molar-refractivity contribution in [3.63, 3.8) is 0 Å². The zero-order valence-electron chi connectivity index (χ0n) is 16.8. The van der Waals surface area contributed by atoms with Crippen LogP contribution in [0.1, 0.15) is 23.8 Å². The maximum Gasteiger partial charge on any atom is 0.282 e. The van der Waals surface area contributed by atoms with Gasteiger partial charge >= 0.3 is 0 Å². The van der Waals surface area contributed by atoms with Gasteiger partial charge in [0.05, 0.1) is 17.9 Å². The van der Waals surface area contributed by atoms with Crippen LogP contribution in [-0.2, 0) is 9.59 Å². The molecule has 0 unspecified atom stereocenters. The fraction of sp³-hybridized carbons (Fsp3) is 0.167. The van der Waals surface area contributed by atoms with Crippen molar-refractivity contribution in [3.8, 4) is 5.75 Å². The van der Waals surface area contributed by atoms with Crippen molar-refractivity contribution >= 4 is 40.1 Å². The molecule has 2 heterocycles. The number of benzene rings is 2. The first-order valence-corrected chi connectivity index (χ1v) is 10.7. The zero-order valence-corrected chi connectivity index (χ0v) is 17.7. The van der Waals surface area contributed by atoms with Crippen LogP contribution in [0.5, 0.6) is 5.75 Å². The number of aryl methyl sites for hydroxylation is 1. The van der Waals surface area contributed by atoms with Crippen LogP contribution in [0.3, 0.4) is 0 Å². The number of hydrogen-bond donors (Lipinski definition) is 1. The lowest BCUT2D eigenvalue weighted by Crippen LogP contribution is -2.32. The summed E-state index contributed by atoms with van der Waals surface area (Å²) in [4.78, 5) is 28.9. The second kappa shape index (κ2) is 8.55. The molecule has 0 atom stereocenters. The summed E-state index contributed by atoms with van der Waals surface area (Å²) < 4.78 is 5.81. The summed E-state index contributed by atoms with van der Waals surface area (Å²) in [5, 5.41) is 5.08. The molecule has 2 aromatic carbocycles. The van der Waals surface area contributed by atoms with E-state index >= 15 is 0 Å². The number of hydrogen-bond acceptors (Lipinski definition) is 5. The summed E-state index contributed by atoms with van der Waals surface area (Å²) in [5.74, 6) is -0.232. The lowest BCUT2D eigenvalue weighted by Gasteiger charge is -2.19. The quantitative estimate of drug-likeness (QED) is 0.533. The second-order valence-electron chi connectivity index (χ2n) is 6.98. The summed E-state index contributed by atoms with van der Waals surface area (Å²) in [6.45, 7) is 4.51. The van der Waals surface area contributed by atoms with E-state index in [9.17, 15) is 9.59 Å². The number of anilines is 2. The average molecular weight is 419 g/mol. The highest BCUT2D eigenvalue weighted by atomic mass is 32.1. The number of carbonyl (C=O) groups is 2. The number of amides is 2. The topological polar surface area (TPSA) is 58.6 Å². The Hall–Kier alpha value is -3.38. The highest BCUT2D eigenvalue weighted by molar-refractivity contribution is 7.11. The lowest BCUT2D eigenvalue weighted by atomic mass is 10.1. The molecule has 1 aliphatic heterocycles. The standard InChI is InChI=1S/C24H22N2O3S/c1-3-14-29-19-8-5-4-7-18(19)26-23(27)21(20-9-6-15-30-20)22(24(26)28)25-17-12-10-16(2)11-13-17/h4-13,15,25H,3,14H2,1-2H3. The van der Waals surface area contributed by atoms with Gasteiger partial charge in [-0.1, -0.05) is 42.8 Å². The van der Waals surface area contributed by atoms with Crippen LogP contribution in [0.25, 0.3) is 5.57 Å². The first kappa shape index (κ1) is 19.9. The predicted molar refractivity (Wildman–Crippen MR) is 121 cm³/mol. The maximum atomic E-state index is 13.5. The van der Waals surface area contributed by atoms with Crippen LogP contribution >= 0.6 is 11.3 Å². The van der Waals surface area contributed by atoms with E-state index in [1.165, 1.54) is 16.2 Å². The van der Waals surface area contributed by atoms with Gasteiger partial charge in [-0.3, -0.25) is 9.59 Å². The summed E-state index contributed by atoms with van der Waals surface area (Å²) in [6.07, 6.45) is 0.829. The van der Waals surface area contributed by atoms with E-state index in [-0.39, 0.29) is 11.6 Å². The van der Waals surface area contributed by atoms with Crippen LogP contribution in [-0.4, -0.2) is 18.4 Å². The lowest BCUT2D eigenvalue weighted by molar-refractivity contribution is -0.120. The summed E-state index contributed by atoms with van der Waals surface area (Å²) >= 11 is 1.43. The fourth-order valence-corrected chi connectivity index (χ4v) is 4.04. The molecule has 5 nitrogen and oxygen atoms in total. The molecule has 30 heavy (non-hydrogen) atoms. The molecule has 0 saturated carbocycles. The Morgan fingerprint density at radius 3 is 2.43 bits per heavy atom. The minimum atomic E-state index is -0.392. The molecular formula is C24H22N2O3S. The van der Waals surface area contributed by atoms with Crippen molar-refractivity contribution in [1.82, 2.24) is 0 Å². The van der Waals surface area contributed by atoms with Crippen molar-refractivity contribution < 1.29 is 14.3 Å². The SMILES string of the molecule is CCCOc1ccccc1N1C(=O)C(Nc2ccc(C)cc2)=C(c2cccs2)C1=O. The number of ether oxygens (including phenoxy) is 1. The van der Waals surface area contributed by atoms with Gasteiger partial charge in [-0.2, -0.15) is 0 Å². The maximum absolute atomic E-state index is 13.5. The van der Waals surface area contributed by atoms with Gasteiger partial charge in [-0.15, -0.1) is 11.3 Å². The number of rotatable bonds is 7. The molecule has 0 aliphatic carbocycles. The normalized spacial score (nSPS) is 13.9. The zero-order chi connectivity index (χ0) is 21.1. The monoisotopic (exact) mass is 418 g/mol. The first-order chi connectivity index (χ1) is 14.6. The van der Waals surface area contributed by atoms with E-state index in [1.807, 2.05) is 61.7 Å².